The molecule has 0 bridgehead atoms. The average Bonchev–Trinajstić information content (AvgIpc) is 2.84. The zero-order valence-corrected chi connectivity index (χ0v) is 11.3. The molecule has 0 N–H and O–H groups in total. The highest BCUT2D eigenvalue weighted by atomic mass is 35.5. The molecule has 0 saturated carbocycles. The van der Waals surface area contributed by atoms with Gasteiger partial charge in [0.15, 0.2) is 0 Å². The molecule has 2 nitrogen and oxygen atoms in total. The van der Waals surface area contributed by atoms with Gasteiger partial charge in [0.05, 0.1) is 7.11 Å². The topological polar surface area (TPSA) is 26.3 Å². The molecule has 2 aromatic rings. The van der Waals surface area contributed by atoms with E-state index in [4.69, 9.17) is 11.6 Å². The molecule has 0 amide bonds. The molecule has 92 valence electrons. The number of hydrogen-bond acceptors (Lipinski definition) is 3. The molecule has 0 unspecified atom stereocenters. The van der Waals surface area contributed by atoms with Gasteiger partial charge >= 0.3 is 5.97 Å². The van der Waals surface area contributed by atoms with Gasteiger partial charge in [-0.15, -0.1) is 11.3 Å². The van der Waals surface area contributed by atoms with Crippen LogP contribution in [0.15, 0.2) is 36.4 Å². The van der Waals surface area contributed by atoms with Gasteiger partial charge < -0.3 is 4.74 Å². The summed E-state index contributed by atoms with van der Waals surface area (Å²) < 4.78 is 4.66. The molecule has 0 fully saturated rings. The van der Waals surface area contributed by atoms with Crippen LogP contribution in [0, 0.1) is 0 Å². The summed E-state index contributed by atoms with van der Waals surface area (Å²) in [6.45, 7) is 0. The van der Waals surface area contributed by atoms with E-state index in [1.165, 1.54) is 18.4 Å². The van der Waals surface area contributed by atoms with Crippen molar-refractivity contribution in [1.29, 1.82) is 0 Å². The largest absolute Gasteiger partial charge is 0.465 e. The zero-order chi connectivity index (χ0) is 13.0. The zero-order valence-electron chi connectivity index (χ0n) is 9.72. The Morgan fingerprint density at radius 1 is 1.28 bits per heavy atom. The Balaban J connectivity index is 2.14. The molecule has 0 aliphatic carbocycles. The molecule has 0 spiro atoms. The van der Waals surface area contributed by atoms with Gasteiger partial charge in [0.2, 0.25) is 0 Å². The van der Waals surface area contributed by atoms with E-state index < -0.39 is 0 Å². The number of methoxy groups -OCH3 is 1. The van der Waals surface area contributed by atoms with Crippen LogP contribution in [-0.2, 0) is 4.74 Å². The number of thiophene rings is 1. The van der Waals surface area contributed by atoms with Crippen LogP contribution in [-0.4, -0.2) is 13.1 Å². The lowest BCUT2D eigenvalue weighted by molar-refractivity contribution is 0.0606. The summed E-state index contributed by atoms with van der Waals surface area (Å²) in [6.07, 6.45) is 3.90. The molecular formula is C14H11ClO2S. The van der Waals surface area contributed by atoms with Gasteiger partial charge in [-0.2, -0.15) is 0 Å². The van der Waals surface area contributed by atoms with Crippen LogP contribution in [0.25, 0.3) is 12.2 Å². The maximum Gasteiger partial charge on any atom is 0.348 e. The van der Waals surface area contributed by atoms with Gasteiger partial charge in [0, 0.05) is 9.90 Å². The van der Waals surface area contributed by atoms with E-state index >= 15 is 0 Å². The fourth-order valence-corrected chi connectivity index (χ4v) is 2.47. The maximum atomic E-state index is 11.3. The SMILES string of the molecule is COC(=O)c1ccc(C=Cc2cccc(Cl)c2)s1. The van der Waals surface area contributed by atoms with Crippen molar-refractivity contribution >= 4 is 41.1 Å². The van der Waals surface area contributed by atoms with Gasteiger partial charge in [-0.05, 0) is 35.9 Å². The Bertz CT molecular complexity index is 587. The summed E-state index contributed by atoms with van der Waals surface area (Å²) in [5.74, 6) is -0.303. The molecule has 2 rings (SSSR count). The minimum Gasteiger partial charge on any atom is -0.465 e. The van der Waals surface area contributed by atoms with Gasteiger partial charge in [-0.25, -0.2) is 4.79 Å². The van der Waals surface area contributed by atoms with Gasteiger partial charge in [-0.1, -0.05) is 29.8 Å². The van der Waals surface area contributed by atoms with E-state index in [1.54, 1.807) is 6.07 Å². The molecule has 1 aromatic carbocycles. The van der Waals surface area contributed by atoms with Crippen molar-refractivity contribution in [3.63, 3.8) is 0 Å². The molecule has 1 aromatic heterocycles. The predicted octanol–water partition coefficient (Wildman–Crippen LogP) is 4.36. The van der Waals surface area contributed by atoms with Gasteiger partial charge in [-0.3, -0.25) is 0 Å². The minimum atomic E-state index is -0.303. The van der Waals surface area contributed by atoms with E-state index in [-0.39, 0.29) is 5.97 Å². The van der Waals surface area contributed by atoms with E-state index in [1.807, 2.05) is 42.5 Å². The lowest BCUT2D eigenvalue weighted by Crippen LogP contribution is -1.96. The number of hydrogen-bond donors (Lipinski definition) is 0. The van der Waals surface area contributed by atoms with Crippen LogP contribution in [0.1, 0.15) is 20.1 Å². The number of rotatable bonds is 3. The first-order chi connectivity index (χ1) is 8.69. The Hall–Kier alpha value is -1.58. The number of carbonyl (C=O) groups excluding carboxylic acids is 1. The monoisotopic (exact) mass is 278 g/mol. The second kappa shape index (κ2) is 5.85. The highest BCUT2D eigenvalue weighted by molar-refractivity contribution is 7.14. The van der Waals surface area contributed by atoms with Crippen LogP contribution in [0.5, 0.6) is 0 Å². The van der Waals surface area contributed by atoms with Crippen molar-refractivity contribution in [2.75, 3.05) is 7.11 Å². The van der Waals surface area contributed by atoms with Crippen LogP contribution < -0.4 is 0 Å². The number of carbonyl (C=O) groups is 1. The third-order valence-electron chi connectivity index (χ3n) is 2.30. The number of halogens is 1. The van der Waals surface area contributed by atoms with Crippen molar-refractivity contribution in [3.8, 4) is 0 Å². The molecule has 18 heavy (non-hydrogen) atoms. The normalized spacial score (nSPS) is 10.8. The highest BCUT2D eigenvalue weighted by Crippen LogP contribution is 2.20. The van der Waals surface area contributed by atoms with Crippen LogP contribution in [0.2, 0.25) is 5.02 Å². The summed E-state index contributed by atoms with van der Waals surface area (Å²) in [7, 11) is 1.38. The van der Waals surface area contributed by atoms with Crippen molar-refractivity contribution in [2.45, 2.75) is 0 Å². The lowest BCUT2D eigenvalue weighted by atomic mass is 10.2. The summed E-state index contributed by atoms with van der Waals surface area (Å²) in [5.41, 5.74) is 1.02. The third-order valence-corrected chi connectivity index (χ3v) is 3.57. The van der Waals surface area contributed by atoms with Crippen molar-refractivity contribution in [3.05, 3.63) is 56.7 Å². The molecule has 4 heteroatoms. The average molecular weight is 279 g/mol. The second-order valence-corrected chi connectivity index (χ2v) is 5.13. The van der Waals surface area contributed by atoms with Crippen LogP contribution >= 0.6 is 22.9 Å². The lowest BCUT2D eigenvalue weighted by Gasteiger charge is -1.93. The van der Waals surface area contributed by atoms with E-state index in [9.17, 15) is 4.79 Å². The molecule has 0 aliphatic heterocycles. The maximum absolute atomic E-state index is 11.3. The third kappa shape index (κ3) is 3.22. The highest BCUT2D eigenvalue weighted by Gasteiger charge is 2.07. The predicted molar refractivity (Wildman–Crippen MR) is 76.0 cm³/mol. The van der Waals surface area contributed by atoms with Gasteiger partial charge in [0.1, 0.15) is 4.88 Å². The first-order valence-electron chi connectivity index (χ1n) is 5.31. The molecular weight excluding hydrogens is 268 g/mol. The fraction of sp³-hybridized carbons (Fsp3) is 0.0714. The molecule has 0 radical (unpaired) electrons. The summed E-state index contributed by atoms with van der Waals surface area (Å²) in [6, 6.07) is 11.2. The molecule has 1 heterocycles. The number of esters is 1. The van der Waals surface area contributed by atoms with Crippen LogP contribution in [0.3, 0.4) is 0 Å². The smallest absolute Gasteiger partial charge is 0.348 e. The standard InChI is InChI=1S/C14H11ClO2S/c1-17-14(16)13-8-7-12(18-13)6-5-10-3-2-4-11(15)9-10/h2-9H,1H3. The van der Waals surface area contributed by atoms with Crippen molar-refractivity contribution in [2.24, 2.45) is 0 Å². The van der Waals surface area contributed by atoms with Gasteiger partial charge in [0.25, 0.3) is 0 Å². The quantitative estimate of drug-likeness (QED) is 0.780. The summed E-state index contributed by atoms with van der Waals surface area (Å²) in [5, 5.41) is 0.707. The van der Waals surface area contributed by atoms with E-state index in [2.05, 4.69) is 4.74 Å². The van der Waals surface area contributed by atoms with E-state index in [0.717, 1.165) is 10.4 Å². The Labute approximate surface area is 114 Å². The van der Waals surface area contributed by atoms with Crippen LogP contribution in [0.4, 0.5) is 0 Å². The number of ether oxygens (including phenoxy) is 1. The summed E-state index contributed by atoms with van der Waals surface area (Å²) in [4.78, 5) is 12.9. The first-order valence-corrected chi connectivity index (χ1v) is 6.50. The van der Waals surface area contributed by atoms with E-state index in [0.29, 0.717) is 9.90 Å². The second-order valence-electron chi connectivity index (χ2n) is 3.58. The van der Waals surface area contributed by atoms with Crippen molar-refractivity contribution in [1.82, 2.24) is 0 Å². The number of benzene rings is 1. The Morgan fingerprint density at radius 2 is 2.11 bits per heavy atom. The minimum absolute atomic E-state index is 0.303. The fourth-order valence-electron chi connectivity index (χ4n) is 1.44. The van der Waals surface area contributed by atoms with Crippen molar-refractivity contribution < 1.29 is 9.53 Å². The first kappa shape index (κ1) is 12.9. The Kier molecular flexibility index (Phi) is 4.18. The Morgan fingerprint density at radius 3 is 2.83 bits per heavy atom. The summed E-state index contributed by atoms with van der Waals surface area (Å²) >= 11 is 7.29. The molecule has 0 atom stereocenters. The molecule has 0 saturated heterocycles. The molecule has 0 aliphatic rings.